The number of imidazole rings is 1. The Morgan fingerprint density at radius 3 is 2.12 bits per heavy atom. The van der Waals surface area contributed by atoms with Gasteiger partial charge >= 0.3 is 0 Å². The van der Waals surface area contributed by atoms with Crippen LogP contribution in [-0.2, 0) is 0 Å². The number of hydrogen-bond donors (Lipinski definition) is 1. The highest BCUT2D eigenvalue weighted by molar-refractivity contribution is 7.19. The minimum absolute atomic E-state index is 0.831. The van der Waals surface area contributed by atoms with Crippen molar-refractivity contribution in [3.63, 3.8) is 0 Å². The second kappa shape index (κ2) is 7.91. The highest BCUT2D eigenvalue weighted by Gasteiger charge is 2.15. The fourth-order valence-corrected chi connectivity index (χ4v) is 4.85. The molecule has 0 aliphatic carbocycles. The van der Waals surface area contributed by atoms with Gasteiger partial charge in [0.2, 0.25) is 0 Å². The zero-order valence-corrected chi connectivity index (χ0v) is 18.0. The average molecular weight is 430 g/mol. The molecule has 0 aliphatic heterocycles. The Kier molecular flexibility index (Phi) is 4.63. The van der Waals surface area contributed by atoms with Gasteiger partial charge in [-0.2, -0.15) is 0 Å². The van der Waals surface area contributed by atoms with Crippen LogP contribution in [0.1, 0.15) is 16.4 Å². The van der Waals surface area contributed by atoms with Gasteiger partial charge in [-0.3, -0.25) is 0 Å². The Bertz CT molecular complexity index is 1420. The van der Waals surface area contributed by atoms with Crippen LogP contribution in [0, 0.1) is 0 Å². The minimum Gasteiger partial charge on any atom is -0.338 e. The maximum absolute atomic E-state index is 4.91. The summed E-state index contributed by atoms with van der Waals surface area (Å²) < 4.78 is 1.17. The lowest BCUT2D eigenvalue weighted by Gasteiger charge is -2.04. The SMILES string of the molecule is C(=C(\c1nc2ccccc2[nH]1)c1nc2ccccc2s1)/c1ccc(-c2ccccc2)cc1. The number of nitrogens with zero attached hydrogens (tertiary/aromatic N) is 2. The maximum atomic E-state index is 4.91. The van der Waals surface area contributed by atoms with Gasteiger partial charge in [-0.1, -0.05) is 78.9 Å². The van der Waals surface area contributed by atoms with Crippen LogP contribution in [0.4, 0.5) is 0 Å². The van der Waals surface area contributed by atoms with E-state index in [-0.39, 0.29) is 0 Å². The summed E-state index contributed by atoms with van der Waals surface area (Å²) in [7, 11) is 0. The van der Waals surface area contributed by atoms with Crippen molar-refractivity contribution in [1.82, 2.24) is 15.0 Å². The third-order valence-electron chi connectivity index (χ3n) is 5.50. The third-order valence-corrected chi connectivity index (χ3v) is 6.57. The molecule has 4 heteroatoms. The van der Waals surface area contributed by atoms with Crippen molar-refractivity contribution in [2.75, 3.05) is 0 Å². The van der Waals surface area contributed by atoms with E-state index in [1.165, 1.54) is 15.8 Å². The Hall–Kier alpha value is -4.02. The number of H-pyrrole nitrogens is 1. The van der Waals surface area contributed by atoms with E-state index in [1.54, 1.807) is 11.3 Å². The molecule has 6 aromatic rings. The van der Waals surface area contributed by atoms with E-state index in [0.29, 0.717) is 0 Å². The summed E-state index contributed by atoms with van der Waals surface area (Å²) in [4.78, 5) is 13.3. The van der Waals surface area contributed by atoms with Crippen molar-refractivity contribution >= 4 is 44.2 Å². The number of hydrogen-bond acceptors (Lipinski definition) is 3. The molecule has 2 aromatic heterocycles. The van der Waals surface area contributed by atoms with Crippen LogP contribution in [-0.4, -0.2) is 15.0 Å². The molecule has 0 fully saturated rings. The number of benzene rings is 4. The molecule has 3 nitrogen and oxygen atoms in total. The molecule has 0 amide bonds. The van der Waals surface area contributed by atoms with E-state index in [0.717, 1.165) is 38.5 Å². The molecule has 32 heavy (non-hydrogen) atoms. The molecule has 0 aliphatic rings. The molecular weight excluding hydrogens is 410 g/mol. The van der Waals surface area contributed by atoms with Crippen molar-refractivity contribution in [2.24, 2.45) is 0 Å². The molecule has 0 atom stereocenters. The summed E-state index contributed by atoms with van der Waals surface area (Å²) in [6.07, 6.45) is 2.17. The van der Waals surface area contributed by atoms with E-state index in [9.17, 15) is 0 Å². The molecule has 152 valence electrons. The summed E-state index contributed by atoms with van der Waals surface area (Å²) in [6.45, 7) is 0. The maximum Gasteiger partial charge on any atom is 0.141 e. The van der Waals surface area contributed by atoms with E-state index in [4.69, 9.17) is 9.97 Å². The topological polar surface area (TPSA) is 41.6 Å². The Morgan fingerprint density at radius 1 is 0.656 bits per heavy atom. The van der Waals surface area contributed by atoms with Gasteiger partial charge in [0.25, 0.3) is 0 Å². The number of nitrogens with one attached hydrogen (secondary N) is 1. The molecule has 0 radical (unpaired) electrons. The minimum atomic E-state index is 0.831. The molecular formula is C28H19N3S. The van der Waals surface area contributed by atoms with Gasteiger partial charge in [0, 0.05) is 0 Å². The first kappa shape index (κ1) is 18.7. The molecule has 6 rings (SSSR count). The average Bonchev–Trinajstić information content (AvgIpc) is 3.47. The van der Waals surface area contributed by atoms with Crippen LogP contribution < -0.4 is 0 Å². The van der Waals surface area contributed by atoms with Crippen molar-refractivity contribution < 1.29 is 0 Å². The zero-order valence-electron chi connectivity index (χ0n) is 17.2. The van der Waals surface area contributed by atoms with Crippen LogP contribution >= 0.6 is 11.3 Å². The first-order valence-corrected chi connectivity index (χ1v) is 11.3. The monoisotopic (exact) mass is 429 g/mol. The Balaban J connectivity index is 1.48. The van der Waals surface area contributed by atoms with Crippen molar-refractivity contribution in [2.45, 2.75) is 0 Å². The van der Waals surface area contributed by atoms with Crippen LogP contribution in [0.2, 0.25) is 0 Å². The number of rotatable bonds is 4. The largest absolute Gasteiger partial charge is 0.338 e. The van der Waals surface area contributed by atoms with Gasteiger partial charge in [-0.15, -0.1) is 11.3 Å². The van der Waals surface area contributed by atoms with Gasteiger partial charge < -0.3 is 4.98 Å². The van der Waals surface area contributed by atoms with Crippen LogP contribution in [0.5, 0.6) is 0 Å². The van der Waals surface area contributed by atoms with E-state index >= 15 is 0 Å². The molecule has 4 aromatic carbocycles. The predicted molar refractivity (Wildman–Crippen MR) is 135 cm³/mol. The van der Waals surface area contributed by atoms with Crippen LogP contribution in [0.25, 0.3) is 44.0 Å². The summed E-state index contributed by atoms with van der Waals surface area (Å²) in [5.74, 6) is 0.831. The fourth-order valence-electron chi connectivity index (χ4n) is 3.87. The number of para-hydroxylation sites is 3. The van der Waals surface area contributed by atoms with E-state index < -0.39 is 0 Å². The predicted octanol–water partition coefficient (Wildman–Crippen LogP) is 7.43. The second-order valence-corrected chi connectivity index (χ2v) is 8.67. The summed E-state index contributed by atoms with van der Waals surface area (Å²) in [5, 5.41) is 0.956. The normalized spacial score (nSPS) is 11.9. The van der Waals surface area contributed by atoms with Gasteiger partial charge in [0.15, 0.2) is 0 Å². The first-order valence-electron chi connectivity index (χ1n) is 10.5. The van der Waals surface area contributed by atoms with E-state index in [2.05, 4.69) is 83.9 Å². The smallest absolute Gasteiger partial charge is 0.141 e. The lowest BCUT2D eigenvalue weighted by molar-refractivity contribution is 1.25. The summed E-state index contributed by atoms with van der Waals surface area (Å²) >= 11 is 1.69. The molecule has 0 bridgehead atoms. The highest BCUT2D eigenvalue weighted by atomic mass is 32.1. The fraction of sp³-hybridized carbons (Fsp3) is 0. The first-order chi connectivity index (χ1) is 15.8. The molecule has 1 N–H and O–H groups in total. The molecule has 0 saturated carbocycles. The molecule has 2 heterocycles. The van der Waals surface area contributed by atoms with Gasteiger partial charge in [0.1, 0.15) is 10.8 Å². The van der Waals surface area contributed by atoms with Crippen LogP contribution in [0.15, 0.2) is 103 Å². The third kappa shape index (κ3) is 3.51. The Morgan fingerprint density at radius 2 is 1.34 bits per heavy atom. The Labute approximate surface area is 189 Å². The molecule has 0 unspecified atom stereocenters. The lowest BCUT2D eigenvalue weighted by Crippen LogP contribution is -1.90. The number of aromatic amines is 1. The number of fused-ring (bicyclic) bond motifs is 2. The van der Waals surface area contributed by atoms with Crippen LogP contribution in [0.3, 0.4) is 0 Å². The van der Waals surface area contributed by atoms with Crippen molar-refractivity contribution in [3.8, 4) is 11.1 Å². The van der Waals surface area contributed by atoms with Gasteiger partial charge in [0.05, 0.1) is 26.8 Å². The molecule has 0 spiro atoms. The highest BCUT2D eigenvalue weighted by Crippen LogP contribution is 2.32. The van der Waals surface area contributed by atoms with E-state index in [1.807, 2.05) is 30.3 Å². The van der Waals surface area contributed by atoms with Crippen molar-refractivity contribution in [1.29, 1.82) is 0 Å². The zero-order chi connectivity index (χ0) is 21.3. The second-order valence-electron chi connectivity index (χ2n) is 7.64. The quantitative estimate of drug-likeness (QED) is 0.317. The van der Waals surface area contributed by atoms with Gasteiger partial charge in [-0.05, 0) is 47.0 Å². The summed E-state index contributed by atoms with van der Waals surface area (Å²) in [6, 6.07) is 35.4. The number of aromatic nitrogens is 3. The van der Waals surface area contributed by atoms with Gasteiger partial charge in [-0.25, -0.2) is 9.97 Å². The molecule has 0 saturated heterocycles. The van der Waals surface area contributed by atoms with Crippen molar-refractivity contribution in [3.05, 3.63) is 120 Å². The summed E-state index contributed by atoms with van der Waals surface area (Å²) in [5.41, 5.74) is 7.51. The lowest BCUT2D eigenvalue weighted by atomic mass is 10.0. The number of thiazole rings is 1. The standard InChI is InChI=1S/C28H19N3S/c1-2-8-20(9-3-1)21-16-14-19(15-17-21)18-22(27-29-23-10-4-5-11-24(23)30-27)28-31-25-12-6-7-13-26(25)32-28/h1-18H,(H,29,30)/b22-18-.